The number of hydrogen-bond donors (Lipinski definition) is 3. The summed E-state index contributed by atoms with van der Waals surface area (Å²) in [6.07, 6.45) is 0.168. The van der Waals surface area contributed by atoms with Gasteiger partial charge < -0.3 is 20.6 Å². The van der Waals surface area contributed by atoms with Crippen LogP contribution in [0.5, 0.6) is 5.75 Å². The van der Waals surface area contributed by atoms with Gasteiger partial charge in [0.25, 0.3) is 11.8 Å². The van der Waals surface area contributed by atoms with Crippen molar-refractivity contribution in [3.8, 4) is 5.75 Å². The van der Waals surface area contributed by atoms with Gasteiger partial charge in [-0.15, -0.1) is 0 Å². The molecule has 0 aliphatic carbocycles. The lowest BCUT2D eigenvalue weighted by atomic mass is 10.0. The van der Waals surface area contributed by atoms with Gasteiger partial charge in [-0.1, -0.05) is 35.5 Å². The van der Waals surface area contributed by atoms with Gasteiger partial charge in [0, 0.05) is 25.1 Å². The van der Waals surface area contributed by atoms with Gasteiger partial charge in [-0.2, -0.15) is 0 Å². The number of benzene rings is 2. The minimum Gasteiger partial charge on any atom is -0.508 e. The lowest BCUT2D eigenvalue weighted by Crippen LogP contribution is -2.37. The molecule has 2 amide bonds. The van der Waals surface area contributed by atoms with E-state index in [0.29, 0.717) is 17.7 Å². The first-order valence-electron chi connectivity index (χ1n) is 8.26. The van der Waals surface area contributed by atoms with Crippen LogP contribution in [0.2, 0.25) is 0 Å². The summed E-state index contributed by atoms with van der Waals surface area (Å²) < 4.78 is 0. The Bertz CT molecular complexity index is 803. The van der Waals surface area contributed by atoms with Crippen LogP contribution < -0.4 is 10.6 Å². The molecule has 7 nitrogen and oxygen atoms in total. The van der Waals surface area contributed by atoms with Crippen molar-refractivity contribution in [1.82, 2.24) is 10.6 Å². The molecular formula is C19H19N3O4. The van der Waals surface area contributed by atoms with Crippen LogP contribution in [0, 0.1) is 0 Å². The van der Waals surface area contributed by atoms with E-state index in [1.165, 1.54) is 24.3 Å². The summed E-state index contributed by atoms with van der Waals surface area (Å²) >= 11 is 0. The van der Waals surface area contributed by atoms with E-state index in [9.17, 15) is 14.7 Å². The highest BCUT2D eigenvalue weighted by Gasteiger charge is 2.26. The van der Waals surface area contributed by atoms with Gasteiger partial charge in [0.2, 0.25) is 0 Å². The van der Waals surface area contributed by atoms with E-state index in [2.05, 4.69) is 15.8 Å². The molecule has 1 unspecified atom stereocenters. The Morgan fingerprint density at radius 3 is 2.35 bits per heavy atom. The number of hydrogen-bond acceptors (Lipinski definition) is 5. The van der Waals surface area contributed by atoms with Crippen LogP contribution >= 0.6 is 0 Å². The smallest absolute Gasteiger partial charge is 0.269 e. The topological polar surface area (TPSA) is 100 Å². The molecule has 26 heavy (non-hydrogen) atoms. The average molecular weight is 353 g/mol. The molecule has 0 saturated carbocycles. The lowest BCUT2D eigenvalue weighted by Gasteiger charge is -2.08. The number of amides is 2. The average Bonchev–Trinajstić information content (AvgIpc) is 3.16. The standard InChI is InChI=1S/C19H19N3O4/c23-15-8-6-14(7-9-15)18(24)20-10-11-21-19(25)16-12-17(26-22-16)13-4-2-1-3-5-13/h1-9,17,23H,10-12H2,(H,20,24)(H,21,25). The first-order valence-corrected chi connectivity index (χ1v) is 8.26. The molecule has 0 bridgehead atoms. The number of aromatic hydroxyl groups is 1. The molecule has 2 aromatic carbocycles. The van der Waals surface area contributed by atoms with Gasteiger partial charge in [-0.25, -0.2) is 0 Å². The predicted octanol–water partition coefficient (Wildman–Crippen LogP) is 1.76. The molecule has 7 heteroatoms. The fourth-order valence-corrected chi connectivity index (χ4v) is 2.53. The van der Waals surface area contributed by atoms with Crippen molar-refractivity contribution in [2.75, 3.05) is 13.1 Å². The third-order valence-electron chi connectivity index (χ3n) is 3.93. The molecule has 2 aromatic rings. The van der Waals surface area contributed by atoms with Crippen LogP contribution in [0.4, 0.5) is 0 Å². The summed E-state index contributed by atoms with van der Waals surface area (Å²) in [6.45, 7) is 0.555. The Balaban J connectivity index is 1.39. The maximum atomic E-state index is 12.1. The fourth-order valence-electron chi connectivity index (χ4n) is 2.53. The van der Waals surface area contributed by atoms with Crippen LogP contribution in [-0.4, -0.2) is 35.7 Å². The van der Waals surface area contributed by atoms with E-state index in [1.807, 2.05) is 30.3 Å². The van der Waals surface area contributed by atoms with E-state index in [0.717, 1.165) is 5.56 Å². The molecule has 0 saturated heterocycles. The summed E-state index contributed by atoms with van der Waals surface area (Å²) in [5.74, 6) is -0.477. The molecule has 0 aromatic heterocycles. The highest BCUT2D eigenvalue weighted by Crippen LogP contribution is 2.26. The van der Waals surface area contributed by atoms with E-state index in [4.69, 9.17) is 4.84 Å². The molecule has 0 spiro atoms. The van der Waals surface area contributed by atoms with Gasteiger partial charge in [-0.05, 0) is 29.8 Å². The fraction of sp³-hybridized carbons (Fsp3) is 0.211. The van der Waals surface area contributed by atoms with Crippen molar-refractivity contribution in [1.29, 1.82) is 0 Å². The summed E-state index contributed by atoms with van der Waals surface area (Å²) in [5, 5.41) is 18.5. The van der Waals surface area contributed by atoms with Crippen molar-refractivity contribution in [2.24, 2.45) is 5.16 Å². The highest BCUT2D eigenvalue weighted by molar-refractivity contribution is 6.39. The van der Waals surface area contributed by atoms with Crippen LogP contribution in [0.1, 0.15) is 28.4 Å². The Kier molecular flexibility index (Phi) is 5.48. The summed E-state index contributed by atoms with van der Waals surface area (Å²) in [7, 11) is 0. The molecule has 0 radical (unpaired) electrons. The zero-order valence-corrected chi connectivity index (χ0v) is 14.0. The third kappa shape index (κ3) is 4.38. The van der Waals surface area contributed by atoms with Crippen molar-refractivity contribution in [3.05, 3.63) is 65.7 Å². The lowest BCUT2D eigenvalue weighted by molar-refractivity contribution is -0.114. The quantitative estimate of drug-likeness (QED) is 0.689. The molecule has 0 fully saturated rings. The van der Waals surface area contributed by atoms with Crippen molar-refractivity contribution < 1.29 is 19.5 Å². The Hall–Kier alpha value is -3.35. The minimum atomic E-state index is -0.303. The highest BCUT2D eigenvalue weighted by atomic mass is 16.6. The third-order valence-corrected chi connectivity index (χ3v) is 3.93. The van der Waals surface area contributed by atoms with Gasteiger partial charge >= 0.3 is 0 Å². The van der Waals surface area contributed by atoms with Crippen LogP contribution in [-0.2, 0) is 9.63 Å². The van der Waals surface area contributed by atoms with Crippen LogP contribution in [0.3, 0.4) is 0 Å². The van der Waals surface area contributed by atoms with E-state index in [-0.39, 0.29) is 36.8 Å². The summed E-state index contributed by atoms with van der Waals surface area (Å²) in [4.78, 5) is 29.3. The zero-order valence-electron chi connectivity index (χ0n) is 14.0. The number of phenols is 1. The maximum Gasteiger partial charge on any atom is 0.269 e. The monoisotopic (exact) mass is 353 g/mol. The number of nitrogens with one attached hydrogen (secondary N) is 2. The van der Waals surface area contributed by atoms with E-state index in [1.54, 1.807) is 0 Å². The van der Waals surface area contributed by atoms with E-state index >= 15 is 0 Å². The largest absolute Gasteiger partial charge is 0.508 e. The van der Waals surface area contributed by atoms with Crippen LogP contribution in [0.25, 0.3) is 0 Å². The first kappa shape index (κ1) is 17.5. The number of rotatable bonds is 6. The maximum absolute atomic E-state index is 12.1. The normalized spacial score (nSPS) is 15.7. The number of phenolic OH excluding ortho intramolecular Hbond substituents is 1. The molecule has 1 atom stereocenters. The molecule has 134 valence electrons. The number of carbonyl (C=O) groups is 2. The van der Waals surface area contributed by atoms with Gasteiger partial charge in [-0.3, -0.25) is 9.59 Å². The predicted molar refractivity (Wildman–Crippen MR) is 95.8 cm³/mol. The van der Waals surface area contributed by atoms with Crippen molar-refractivity contribution in [3.63, 3.8) is 0 Å². The van der Waals surface area contributed by atoms with Gasteiger partial charge in [0.15, 0.2) is 6.10 Å². The second kappa shape index (κ2) is 8.15. The minimum absolute atomic E-state index is 0.0992. The SMILES string of the molecule is O=C(NCCNC(=O)c1ccc(O)cc1)C1=NOC(c2ccccc2)C1. The number of carbonyl (C=O) groups excluding carboxylic acids is 2. The molecule has 1 heterocycles. The molecular weight excluding hydrogens is 334 g/mol. The zero-order chi connectivity index (χ0) is 18.4. The second-order valence-electron chi connectivity index (χ2n) is 5.81. The second-order valence-corrected chi connectivity index (χ2v) is 5.81. The number of nitrogens with zero attached hydrogens (tertiary/aromatic N) is 1. The number of oxime groups is 1. The Morgan fingerprint density at radius 1 is 1.00 bits per heavy atom. The first-order chi connectivity index (χ1) is 12.6. The summed E-state index contributed by atoms with van der Waals surface area (Å²) in [6, 6.07) is 15.5. The molecule has 3 rings (SSSR count). The molecule has 3 N–H and O–H groups in total. The molecule has 1 aliphatic rings. The van der Waals surface area contributed by atoms with Gasteiger partial charge in [0.05, 0.1) is 0 Å². The van der Waals surface area contributed by atoms with Crippen molar-refractivity contribution in [2.45, 2.75) is 12.5 Å². The Morgan fingerprint density at radius 2 is 1.65 bits per heavy atom. The summed E-state index contributed by atoms with van der Waals surface area (Å²) in [5.41, 5.74) is 1.75. The Labute approximate surface area is 150 Å². The van der Waals surface area contributed by atoms with Crippen LogP contribution in [0.15, 0.2) is 59.8 Å². The molecule has 1 aliphatic heterocycles. The van der Waals surface area contributed by atoms with Crippen molar-refractivity contribution >= 4 is 17.5 Å². The van der Waals surface area contributed by atoms with E-state index < -0.39 is 0 Å². The van der Waals surface area contributed by atoms with Gasteiger partial charge in [0.1, 0.15) is 11.5 Å².